The van der Waals surface area contributed by atoms with Crippen molar-refractivity contribution in [3.05, 3.63) is 63.5 Å². The zero-order chi connectivity index (χ0) is 18.7. The van der Waals surface area contributed by atoms with Crippen molar-refractivity contribution in [1.82, 2.24) is 0 Å². The number of aryl methyl sites for hydroxylation is 1. The van der Waals surface area contributed by atoms with E-state index in [1.807, 2.05) is 0 Å². The number of nitro benzene ring substituents is 1. The van der Waals surface area contributed by atoms with Crippen LogP contribution in [0.3, 0.4) is 0 Å². The molecule has 7 heteroatoms. The highest BCUT2D eigenvalue weighted by Crippen LogP contribution is 2.29. The number of piperidine rings is 1. The molecule has 1 N–H and O–H groups in total. The summed E-state index contributed by atoms with van der Waals surface area (Å²) in [6.07, 6.45) is 3.16. The van der Waals surface area contributed by atoms with Gasteiger partial charge in [0.25, 0.3) is 11.6 Å². The lowest BCUT2D eigenvalue weighted by Gasteiger charge is -2.30. The number of rotatable bonds is 4. The van der Waals surface area contributed by atoms with Gasteiger partial charge in [-0.05, 0) is 49.9 Å². The number of carbonyl (C=O) groups excluding carboxylic acids is 1. The van der Waals surface area contributed by atoms with E-state index < -0.39 is 16.6 Å². The minimum Gasteiger partial charge on any atom is -0.371 e. The molecule has 1 fully saturated rings. The quantitative estimate of drug-likeness (QED) is 0.654. The first-order valence-corrected chi connectivity index (χ1v) is 8.56. The van der Waals surface area contributed by atoms with E-state index in [4.69, 9.17) is 0 Å². The number of nitrogens with one attached hydrogen (secondary N) is 1. The standard InChI is InChI=1S/C19H20FN3O3/c1-13-5-6-14(20)11-17(13)21-19(24)16-12-15(23(25)26)7-8-18(16)22-9-3-2-4-10-22/h5-8,11-12H,2-4,9-10H2,1H3,(H,21,24). The lowest BCUT2D eigenvalue weighted by Crippen LogP contribution is -2.31. The summed E-state index contributed by atoms with van der Waals surface area (Å²) in [4.78, 5) is 25.5. The van der Waals surface area contributed by atoms with Crippen LogP contribution >= 0.6 is 0 Å². The van der Waals surface area contributed by atoms with E-state index in [2.05, 4.69) is 10.2 Å². The summed E-state index contributed by atoms with van der Waals surface area (Å²) in [5.74, 6) is -0.941. The molecule has 6 nitrogen and oxygen atoms in total. The molecule has 1 aliphatic rings. The third kappa shape index (κ3) is 3.82. The summed E-state index contributed by atoms with van der Waals surface area (Å²) in [6.45, 7) is 3.36. The van der Waals surface area contributed by atoms with Crippen molar-refractivity contribution < 1.29 is 14.1 Å². The van der Waals surface area contributed by atoms with Gasteiger partial charge in [-0.3, -0.25) is 14.9 Å². The Morgan fingerprint density at radius 1 is 1.15 bits per heavy atom. The second-order valence-corrected chi connectivity index (χ2v) is 6.42. The Morgan fingerprint density at radius 3 is 2.58 bits per heavy atom. The molecule has 1 amide bonds. The first kappa shape index (κ1) is 17.8. The highest BCUT2D eigenvalue weighted by Gasteiger charge is 2.22. The first-order chi connectivity index (χ1) is 12.5. The third-order valence-electron chi connectivity index (χ3n) is 4.58. The summed E-state index contributed by atoms with van der Waals surface area (Å²) in [5, 5.41) is 13.8. The second kappa shape index (κ2) is 7.51. The molecule has 0 aromatic heterocycles. The van der Waals surface area contributed by atoms with E-state index in [1.165, 1.54) is 24.3 Å². The summed E-state index contributed by atoms with van der Waals surface area (Å²) in [5.41, 5.74) is 1.81. The molecule has 2 aromatic rings. The van der Waals surface area contributed by atoms with Gasteiger partial charge >= 0.3 is 0 Å². The highest BCUT2D eigenvalue weighted by atomic mass is 19.1. The van der Waals surface area contributed by atoms with Crippen LogP contribution < -0.4 is 10.2 Å². The molecule has 0 unspecified atom stereocenters. The fourth-order valence-corrected chi connectivity index (χ4v) is 3.15. The maximum atomic E-state index is 13.5. The van der Waals surface area contributed by atoms with Crippen LogP contribution in [0.1, 0.15) is 35.2 Å². The van der Waals surface area contributed by atoms with Gasteiger partial charge in [0.15, 0.2) is 0 Å². The van der Waals surface area contributed by atoms with Crippen molar-refractivity contribution in [2.24, 2.45) is 0 Å². The molecule has 2 aromatic carbocycles. The molecule has 0 spiro atoms. The van der Waals surface area contributed by atoms with Gasteiger partial charge in [-0.1, -0.05) is 6.07 Å². The Labute approximate surface area is 150 Å². The number of anilines is 2. The van der Waals surface area contributed by atoms with E-state index in [0.717, 1.165) is 32.4 Å². The maximum Gasteiger partial charge on any atom is 0.270 e. The Balaban J connectivity index is 1.97. The van der Waals surface area contributed by atoms with Gasteiger partial charge in [-0.25, -0.2) is 4.39 Å². The molecule has 0 bridgehead atoms. The molecule has 1 saturated heterocycles. The van der Waals surface area contributed by atoms with Crippen LogP contribution in [0.2, 0.25) is 0 Å². The fourth-order valence-electron chi connectivity index (χ4n) is 3.15. The summed E-state index contributed by atoms with van der Waals surface area (Å²) in [7, 11) is 0. The van der Waals surface area contributed by atoms with Gasteiger partial charge in [0.1, 0.15) is 5.82 Å². The Morgan fingerprint density at radius 2 is 1.88 bits per heavy atom. The van der Waals surface area contributed by atoms with Crippen LogP contribution in [-0.4, -0.2) is 23.9 Å². The van der Waals surface area contributed by atoms with Gasteiger partial charge in [-0.15, -0.1) is 0 Å². The van der Waals surface area contributed by atoms with Crippen molar-refractivity contribution in [1.29, 1.82) is 0 Å². The molecule has 3 rings (SSSR count). The fraction of sp³-hybridized carbons (Fsp3) is 0.316. The largest absolute Gasteiger partial charge is 0.371 e. The van der Waals surface area contributed by atoms with Gasteiger partial charge in [0.2, 0.25) is 0 Å². The molecule has 1 aliphatic heterocycles. The van der Waals surface area contributed by atoms with Crippen molar-refractivity contribution in [2.45, 2.75) is 26.2 Å². The van der Waals surface area contributed by atoms with Crippen LogP contribution in [0.5, 0.6) is 0 Å². The lowest BCUT2D eigenvalue weighted by atomic mass is 10.1. The third-order valence-corrected chi connectivity index (χ3v) is 4.58. The number of nitro groups is 1. The van der Waals surface area contributed by atoms with Crippen molar-refractivity contribution in [3.63, 3.8) is 0 Å². The second-order valence-electron chi connectivity index (χ2n) is 6.42. The molecule has 1 heterocycles. The van der Waals surface area contributed by atoms with E-state index in [9.17, 15) is 19.3 Å². The van der Waals surface area contributed by atoms with E-state index in [0.29, 0.717) is 16.9 Å². The molecule has 0 aliphatic carbocycles. The van der Waals surface area contributed by atoms with Crippen molar-refractivity contribution in [2.75, 3.05) is 23.3 Å². The smallest absolute Gasteiger partial charge is 0.270 e. The van der Waals surface area contributed by atoms with Crippen molar-refractivity contribution >= 4 is 23.0 Å². The molecular formula is C19H20FN3O3. The Kier molecular flexibility index (Phi) is 5.16. The van der Waals surface area contributed by atoms with E-state index >= 15 is 0 Å². The first-order valence-electron chi connectivity index (χ1n) is 8.56. The minimum absolute atomic E-state index is 0.146. The van der Waals surface area contributed by atoms with Gasteiger partial charge < -0.3 is 10.2 Å². The van der Waals surface area contributed by atoms with E-state index in [1.54, 1.807) is 19.1 Å². The monoisotopic (exact) mass is 357 g/mol. The number of non-ortho nitro benzene ring substituents is 1. The SMILES string of the molecule is Cc1ccc(F)cc1NC(=O)c1cc([N+](=O)[O-])ccc1N1CCCCC1. The van der Waals surface area contributed by atoms with Crippen molar-refractivity contribution in [3.8, 4) is 0 Å². The number of benzene rings is 2. The summed E-state index contributed by atoms with van der Waals surface area (Å²) >= 11 is 0. The molecule has 136 valence electrons. The number of hydrogen-bond donors (Lipinski definition) is 1. The summed E-state index contributed by atoms with van der Waals surface area (Å²) in [6, 6.07) is 8.45. The highest BCUT2D eigenvalue weighted by molar-refractivity contribution is 6.09. The van der Waals surface area contributed by atoms with Crippen LogP contribution in [0.25, 0.3) is 0 Å². The molecule has 26 heavy (non-hydrogen) atoms. The topological polar surface area (TPSA) is 75.5 Å². The predicted octanol–water partition coefficient (Wildman–Crippen LogP) is 4.28. The zero-order valence-electron chi connectivity index (χ0n) is 14.5. The van der Waals surface area contributed by atoms with Gasteiger partial charge in [-0.2, -0.15) is 0 Å². The number of carbonyl (C=O) groups is 1. The average Bonchev–Trinajstić information content (AvgIpc) is 2.65. The van der Waals surface area contributed by atoms with Crippen LogP contribution in [0.4, 0.5) is 21.5 Å². The van der Waals surface area contributed by atoms with Gasteiger partial charge in [0.05, 0.1) is 16.2 Å². The summed E-state index contributed by atoms with van der Waals surface area (Å²) < 4.78 is 13.5. The molecule has 0 saturated carbocycles. The van der Waals surface area contributed by atoms with Crippen LogP contribution in [0.15, 0.2) is 36.4 Å². The molecular weight excluding hydrogens is 337 g/mol. The van der Waals surface area contributed by atoms with E-state index in [-0.39, 0.29) is 11.3 Å². The number of hydrogen-bond acceptors (Lipinski definition) is 4. The van der Waals surface area contributed by atoms with Gasteiger partial charge in [0, 0.05) is 30.9 Å². The Bertz CT molecular complexity index is 848. The van der Waals surface area contributed by atoms with Crippen LogP contribution in [-0.2, 0) is 0 Å². The normalized spacial score (nSPS) is 14.2. The lowest BCUT2D eigenvalue weighted by molar-refractivity contribution is -0.384. The molecule has 0 radical (unpaired) electrons. The van der Waals surface area contributed by atoms with Crippen LogP contribution in [0, 0.1) is 22.9 Å². The minimum atomic E-state index is -0.524. The number of halogens is 1. The predicted molar refractivity (Wildman–Crippen MR) is 98.3 cm³/mol. The maximum absolute atomic E-state index is 13.5. The molecule has 0 atom stereocenters. The average molecular weight is 357 g/mol. The number of nitrogens with zero attached hydrogens (tertiary/aromatic N) is 2. The Hall–Kier alpha value is -2.96. The zero-order valence-corrected chi connectivity index (χ0v) is 14.5. The number of amides is 1.